The smallest absolute Gasteiger partial charge is 0.165 e. The summed E-state index contributed by atoms with van der Waals surface area (Å²) in [6.45, 7) is 11.4. The molecule has 5 rings (SSSR count). The number of nitrogens with zero attached hydrogens (tertiary/aromatic N) is 8. The van der Waals surface area contributed by atoms with E-state index in [1.54, 1.807) is 6.33 Å². The Labute approximate surface area is 187 Å². The molecular formula is C23H29N9. The molecule has 4 heterocycles. The van der Waals surface area contributed by atoms with Crippen LogP contribution in [-0.2, 0) is 19.4 Å². The second kappa shape index (κ2) is 7.96. The van der Waals surface area contributed by atoms with Gasteiger partial charge in [-0.05, 0) is 40.0 Å². The van der Waals surface area contributed by atoms with Crippen LogP contribution in [0.25, 0.3) is 22.6 Å². The first kappa shape index (κ1) is 20.5. The lowest BCUT2D eigenvalue weighted by molar-refractivity contribution is 0.426. The summed E-state index contributed by atoms with van der Waals surface area (Å²) in [4.78, 5) is 27.4. The molecule has 0 bridgehead atoms. The molecule has 32 heavy (non-hydrogen) atoms. The zero-order valence-corrected chi connectivity index (χ0v) is 19.2. The maximum Gasteiger partial charge on any atom is 0.165 e. The highest BCUT2D eigenvalue weighted by molar-refractivity contribution is 5.86. The zero-order chi connectivity index (χ0) is 22.4. The molecule has 9 heteroatoms. The van der Waals surface area contributed by atoms with Crippen LogP contribution in [0.3, 0.4) is 0 Å². The van der Waals surface area contributed by atoms with E-state index in [1.807, 2.05) is 25.6 Å². The molecule has 9 nitrogen and oxygen atoms in total. The maximum absolute atomic E-state index is 4.93. The van der Waals surface area contributed by atoms with Gasteiger partial charge in [0.15, 0.2) is 17.0 Å². The Kier molecular flexibility index (Phi) is 5.11. The molecule has 1 N–H and O–H groups in total. The van der Waals surface area contributed by atoms with E-state index in [-0.39, 0.29) is 6.04 Å². The summed E-state index contributed by atoms with van der Waals surface area (Å²) >= 11 is 0. The Bertz CT molecular complexity index is 1250. The number of fused-ring (bicyclic) bond motifs is 2. The van der Waals surface area contributed by atoms with Crippen molar-refractivity contribution in [2.75, 3.05) is 5.32 Å². The highest BCUT2D eigenvalue weighted by Gasteiger charge is 2.30. The van der Waals surface area contributed by atoms with Gasteiger partial charge in [-0.1, -0.05) is 6.92 Å². The fourth-order valence-corrected chi connectivity index (χ4v) is 4.56. The number of anilines is 1. The van der Waals surface area contributed by atoms with Crippen molar-refractivity contribution >= 4 is 17.0 Å². The molecule has 4 aromatic heterocycles. The lowest BCUT2D eigenvalue weighted by Gasteiger charge is -2.31. The number of imidazole rings is 2. The largest absolute Gasteiger partial charge is 0.365 e. The number of hydrogen-bond donors (Lipinski definition) is 1. The molecule has 1 aliphatic rings. The van der Waals surface area contributed by atoms with Gasteiger partial charge in [-0.3, -0.25) is 0 Å². The quantitative estimate of drug-likeness (QED) is 0.515. The molecule has 2 atom stereocenters. The van der Waals surface area contributed by atoms with Gasteiger partial charge in [0.25, 0.3) is 0 Å². The van der Waals surface area contributed by atoms with Gasteiger partial charge >= 0.3 is 0 Å². The Hall–Kier alpha value is -3.36. The summed E-state index contributed by atoms with van der Waals surface area (Å²) in [5.41, 5.74) is 5.00. The first-order valence-electron chi connectivity index (χ1n) is 11.3. The van der Waals surface area contributed by atoms with Crippen molar-refractivity contribution in [3.8, 4) is 11.4 Å². The van der Waals surface area contributed by atoms with Crippen LogP contribution in [0.1, 0.15) is 50.9 Å². The number of rotatable bonds is 5. The van der Waals surface area contributed by atoms with Crippen molar-refractivity contribution in [1.82, 2.24) is 39.0 Å². The van der Waals surface area contributed by atoms with Crippen LogP contribution in [0.5, 0.6) is 0 Å². The topological polar surface area (TPSA) is 99.2 Å². The van der Waals surface area contributed by atoms with E-state index in [9.17, 15) is 0 Å². The molecule has 166 valence electrons. The van der Waals surface area contributed by atoms with Crippen LogP contribution in [0.2, 0.25) is 0 Å². The molecular weight excluding hydrogens is 402 g/mol. The van der Waals surface area contributed by atoms with Gasteiger partial charge in [0, 0.05) is 43.1 Å². The van der Waals surface area contributed by atoms with Gasteiger partial charge in [0.2, 0.25) is 0 Å². The summed E-state index contributed by atoms with van der Waals surface area (Å²) in [6.07, 6.45) is 9.09. The van der Waals surface area contributed by atoms with Crippen LogP contribution in [-0.4, -0.2) is 45.1 Å². The van der Waals surface area contributed by atoms with Gasteiger partial charge in [0.1, 0.15) is 18.0 Å². The Morgan fingerprint density at radius 1 is 1.09 bits per heavy atom. The van der Waals surface area contributed by atoms with Gasteiger partial charge in [-0.25, -0.2) is 29.9 Å². The van der Waals surface area contributed by atoms with Crippen molar-refractivity contribution in [1.29, 1.82) is 0 Å². The van der Waals surface area contributed by atoms with E-state index in [2.05, 4.69) is 67.1 Å². The van der Waals surface area contributed by atoms with Crippen molar-refractivity contribution in [3.05, 3.63) is 42.3 Å². The molecule has 0 fully saturated rings. The fraction of sp³-hybridized carbons (Fsp3) is 0.478. The lowest BCUT2D eigenvalue weighted by Crippen LogP contribution is -2.36. The minimum absolute atomic E-state index is 0.243. The Morgan fingerprint density at radius 2 is 1.88 bits per heavy atom. The molecule has 0 saturated carbocycles. The maximum atomic E-state index is 4.93. The van der Waals surface area contributed by atoms with Crippen molar-refractivity contribution in [2.24, 2.45) is 5.92 Å². The molecule has 1 aliphatic carbocycles. The number of nitrogens with one attached hydrogen (secondary N) is 1. The number of aromatic nitrogens is 8. The standard InChI is InChI=1S/C23H29N9/c1-6-31-22(16-9-24-15(5)25-10-16)30-20-21(26-11-27-23(20)31)29-17-8-19-18(7-14(17)4)28-12-32(19)13(2)3/h9-14,17H,6-8H2,1-5H3,(H,26,27,29)/t14-,17+/m0/s1. The van der Waals surface area contributed by atoms with Gasteiger partial charge < -0.3 is 14.5 Å². The monoisotopic (exact) mass is 431 g/mol. The summed E-state index contributed by atoms with van der Waals surface area (Å²) in [5, 5.41) is 3.70. The van der Waals surface area contributed by atoms with Crippen LogP contribution in [0.15, 0.2) is 25.0 Å². The minimum Gasteiger partial charge on any atom is -0.365 e. The predicted molar refractivity (Wildman–Crippen MR) is 123 cm³/mol. The van der Waals surface area contributed by atoms with E-state index >= 15 is 0 Å². The van der Waals surface area contributed by atoms with Crippen molar-refractivity contribution < 1.29 is 0 Å². The third-order valence-electron chi connectivity index (χ3n) is 6.36. The summed E-state index contributed by atoms with van der Waals surface area (Å²) < 4.78 is 4.37. The molecule has 0 radical (unpaired) electrons. The van der Waals surface area contributed by atoms with E-state index in [0.717, 1.165) is 53.6 Å². The number of hydrogen-bond acceptors (Lipinski definition) is 7. The highest BCUT2D eigenvalue weighted by atomic mass is 15.2. The molecule has 0 spiro atoms. The van der Waals surface area contributed by atoms with E-state index in [0.29, 0.717) is 12.0 Å². The number of aryl methyl sites for hydroxylation is 2. The summed E-state index contributed by atoms with van der Waals surface area (Å²) in [6, 6.07) is 0.637. The van der Waals surface area contributed by atoms with E-state index < -0.39 is 0 Å². The van der Waals surface area contributed by atoms with Crippen molar-refractivity contribution in [2.45, 2.75) is 66.1 Å². The molecule has 4 aromatic rings. The van der Waals surface area contributed by atoms with Gasteiger partial charge in [-0.2, -0.15) is 0 Å². The SMILES string of the molecule is CCn1c(-c2cnc(C)nc2)nc2c(N[C@@H]3Cc4c(ncn4C(C)C)C[C@@H]3C)ncnc21. The second-order valence-electron chi connectivity index (χ2n) is 8.87. The Morgan fingerprint density at radius 3 is 2.59 bits per heavy atom. The molecule has 0 aromatic carbocycles. The third kappa shape index (κ3) is 3.41. The van der Waals surface area contributed by atoms with E-state index in [1.165, 1.54) is 11.4 Å². The van der Waals surface area contributed by atoms with Crippen molar-refractivity contribution in [3.63, 3.8) is 0 Å². The van der Waals surface area contributed by atoms with Gasteiger partial charge in [0.05, 0.1) is 17.6 Å². The highest BCUT2D eigenvalue weighted by Crippen LogP contribution is 2.31. The third-order valence-corrected chi connectivity index (χ3v) is 6.36. The minimum atomic E-state index is 0.243. The predicted octanol–water partition coefficient (Wildman–Crippen LogP) is 3.60. The molecule has 0 saturated heterocycles. The zero-order valence-electron chi connectivity index (χ0n) is 19.2. The fourth-order valence-electron chi connectivity index (χ4n) is 4.56. The second-order valence-corrected chi connectivity index (χ2v) is 8.87. The molecule has 0 unspecified atom stereocenters. The average Bonchev–Trinajstić information content (AvgIpc) is 3.36. The first-order chi connectivity index (χ1) is 15.5. The summed E-state index contributed by atoms with van der Waals surface area (Å²) in [5.74, 6) is 2.75. The van der Waals surface area contributed by atoms with Crippen LogP contribution < -0.4 is 5.32 Å². The first-order valence-corrected chi connectivity index (χ1v) is 11.3. The van der Waals surface area contributed by atoms with E-state index in [4.69, 9.17) is 4.98 Å². The van der Waals surface area contributed by atoms with Crippen LogP contribution in [0.4, 0.5) is 5.82 Å². The lowest BCUT2D eigenvalue weighted by atomic mass is 9.86. The van der Waals surface area contributed by atoms with Crippen LogP contribution in [0, 0.1) is 12.8 Å². The Balaban J connectivity index is 1.52. The molecule has 0 aliphatic heterocycles. The van der Waals surface area contributed by atoms with Crippen LogP contribution >= 0.6 is 0 Å². The summed E-state index contributed by atoms with van der Waals surface area (Å²) in [7, 11) is 0. The average molecular weight is 432 g/mol. The molecule has 0 amide bonds. The van der Waals surface area contributed by atoms with Gasteiger partial charge in [-0.15, -0.1) is 0 Å². The normalized spacial score (nSPS) is 18.3.